The largest absolute Gasteiger partial charge is 0.494 e. The van der Waals surface area contributed by atoms with Gasteiger partial charge >= 0.3 is 5.97 Å². The molecule has 2 aliphatic rings. The first-order valence-electron chi connectivity index (χ1n) is 12.3. The molecule has 0 bridgehead atoms. The van der Waals surface area contributed by atoms with E-state index in [2.05, 4.69) is 0 Å². The Morgan fingerprint density at radius 3 is 2.46 bits per heavy atom. The second-order valence-corrected chi connectivity index (χ2v) is 9.63. The average Bonchev–Trinajstić information content (AvgIpc) is 2.89. The number of amides is 1. The van der Waals surface area contributed by atoms with Crippen molar-refractivity contribution in [3.63, 3.8) is 0 Å². The monoisotopic (exact) mass is 515 g/mol. The molecule has 5 rings (SSSR count). The van der Waals surface area contributed by atoms with Gasteiger partial charge in [-0.05, 0) is 49.1 Å². The quantitative estimate of drug-likeness (QED) is 0.413. The standard InChI is InChI=1S/C30H26ClNO5/c1-2-37-27-11-7-6-10-21(27)22-17-28(34)32(24-14-19(30(35)36)12-13-23(24)31)25-15-20(16-26(33)29(22)25)18-8-4-3-5-9-18/h3-14,20,22H,2,15-17H2,1H3,(H,35,36). The van der Waals surface area contributed by atoms with Crippen LogP contribution in [0.2, 0.25) is 5.02 Å². The Morgan fingerprint density at radius 1 is 1.00 bits per heavy atom. The van der Waals surface area contributed by atoms with Crippen LogP contribution in [0.4, 0.5) is 5.69 Å². The molecular weight excluding hydrogens is 490 g/mol. The van der Waals surface area contributed by atoms with E-state index in [0.29, 0.717) is 36.5 Å². The molecule has 1 N–H and O–H groups in total. The number of halogens is 1. The lowest BCUT2D eigenvalue weighted by atomic mass is 9.72. The molecule has 3 aromatic carbocycles. The SMILES string of the molecule is CCOc1ccccc1C1CC(=O)N(c2cc(C(=O)O)ccc2Cl)C2=C1C(=O)CC(c1ccccc1)C2. The molecule has 1 amide bonds. The van der Waals surface area contributed by atoms with E-state index in [1.54, 1.807) is 0 Å². The summed E-state index contributed by atoms with van der Waals surface area (Å²) in [5.41, 5.74) is 3.23. The number of carbonyl (C=O) groups is 3. The van der Waals surface area contributed by atoms with Crippen LogP contribution in [-0.4, -0.2) is 29.4 Å². The van der Waals surface area contributed by atoms with Gasteiger partial charge in [0.1, 0.15) is 5.75 Å². The molecule has 188 valence electrons. The zero-order valence-electron chi connectivity index (χ0n) is 20.3. The number of carbonyl (C=O) groups excluding carboxylic acids is 2. The van der Waals surface area contributed by atoms with Crippen LogP contribution in [0.1, 0.15) is 59.5 Å². The highest BCUT2D eigenvalue weighted by atomic mass is 35.5. The Hall–Kier alpha value is -3.90. The minimum absolute atomic E-state index is 0.0138. The van der Waals surface area contributed by atoms with Crippen molar-refractivity contribution in [1.29, 1.82) is 0 Å². The second kappa shape index (κ2) is 10.2. The van der Waals surface area contributed by atoms with Gasteiger partial charge in [0, 0.05) is 35.6 Å². The highest BCUT2D eigenvalue weighted by molar-refractivity contribution is 6.34. The van der Waals surface area contributed by atoms with Crippen molar-refractivity contribution in [3.8, 4) is 5.75 Å². The van der Waals surface area contributed by atoms with E-state index in [-0.39, 0.29) is 40.3 Å². The zero-order chi connectivity index (χ0) is 26.1. The van der Waals surface area contributed by atoms with Gasteiger partial charge in [0.2, 0.25) is 5.91 Å². The van der Waals surface area contributed by atoms with Crippen molar-refractivity contribution in [3.05, 3.63) is 106 Å². The molecule has 1 aliphatic carbocycles. The third kappa shape index (κ3) is 4.65. The number of allylic oxidation sites excluding steroid dienone is 2. The summed E-state index contributed by atoms with van der Waals surface area (Å²) < 4.78 is 5.86. The van der Waals surface area contributed by atoms with E-state index in [1.807, 2.05) is 61.5 Å². The fourth-order valence-electron chi connectivity index (χ4n) is 5.41. The highest BCUT2D eigenvalue weighted by Crippen LogP contribution is 2.49. The number of benzene rings is 3. The predicted octanol–water partition coefficient (Wildman–Crippen LogP) is 6.36. The number of Topliss-reactive ketones (excluding diaryl/α,β-unsaturated/α-hetero) is 1. The van der Waals surface area contributed by atoms with E-state index in [9.17, 15) is 19.5 Å². The van der Waals surface area contributed by atoms with Gasteiger partial charge < -0.3 is 9.84 Å². The van der Waals surface area contributed by atoms with Crippen molar-refractivity contribution in [2.45, 2.75) is 38.0 Å². The molecule has 2 unspecified atom stereocenters. The topological polar surface area (TPSA) is 83.9 Å². The minimum Gasteiger partial charge on any atom is -0.494 e. The van der Waals surface area contributed by atoms with Gasteiger partial charge in [0.25, 0.3) is 0 Å². The van der Waals surface area contributed by atoms with Crippen LogP contribution < -0.4 is 9.64 Å². The van der Waals surface area contributed by atoms with Crippen molar-refractivity contribution in [1.82, 2.24) is 0 Å². The number of rotatable bonds is 6. The number of ketones is 1. The summed E-state index contributed by atoms with van der Waals surface area (Å²) >= 11 is 6.53. The van der Waals surface area contributed by atoms with Crippen LogP contribution in [0.3, 0.4) is 0 Å². The van der Waals surface area contributed by atoms with Gasteiger partial charge in [-0.3, -0.25) is 14.5 Å². The van der Waals surface area contributed by atoms with Gasteiger partial charge in [-0.2, -0.15) is 0 Å². The molecule has 0 radical (unpaired) electrons. The van der Waals surface area contributed by atoms with Crippen LogP contribution in [0.15, 0.2) is 84.1 Å². The van der Waals surface area contributed by atoms with Gasteiger partial charge in [0.15, 0.2) is 5.78 Å². The zero-order valence-corrected chi connectivity index (χ0v) is 21.1. The van der Waals surface area contributed by atoms with Gasteiger partial charge in [0.05, 0.1) is 22.9 Å². The summed E-state index contributed by atoms with van der Waals surface area (Å²) in [7, 11) is 0. The van der Waals surface area contributed by atoms with E-state index >= 15 is 0 Å². The molecule has 1 aliphatic heterocycles. The first kappa shape index (κ1) is 24.8. The number of carboxylic acids is 1. The summed E-state index contributed by atoms with van der Waals surface area (Å²) in [6.45, 7) is 2.35. The Balaban J connectivity index is 1.70. The average molecular weight is 516 g/mol. The summed E-state index contributed by atoms with van der Waals surface area (Å²) in [4.78, 5) is 40.8. The molecule has 0 saturated carbocycles. The molecule has 0 aromatic heterocycles. The molecule has 1 heterocycles. The number of hydrogen-bond donors (Lipinski definition) is 1. The Kier molecular flexibility index (Phi) is 6.85. The molecule has 0 fully saturated rings. The normalized spacial score (nSPS) is 19.6. The predicted molar refractivity (Wildman–Crippen MR) is 141 cm³/mol. The smallest absolute Gasteiger partial charge is 0.335 e. The van der Waals surface area contributed by atoms with Crippen LogP contribution in [0.25, 0.3) is 0 Å². The first-order valence-corrected chi connectivity index (χ1v) is 12.7. The Labute approximate surface area is 220 Å². The van der Waals surface area contributed by atoms with E-state index in [0.717, 1.165) is 11.1 Å². The molecule has 2 atom stereocenters. The van der Waals surface area contributed by atoms with E-state index in [4.69, 9.17) is 16.3 Å². The Bertz CT molecular complexity index is 1410. The number of ether oxygens (including phenoxy) is 1. The lowest BCUT2D eigenvalue weighted by molar-refractivity contribution is -0.120. The second-order valence-electron chi connectivity index (χ2n) is 9.23. The maximum atomic E-state index is 13.8. The van der Waals surface area contributed by atoms with Crippen LogP contribution in [-0.2, 0) is 9.59 Å². The highest BCUT2D eigenvalue weighted by Gasteiger charge is 2.43. The fraction of sp³-hybridized carbons (Fsp3) is 0.233. The number of anilines is 1. The summed E-state index contributed by atoms with van der Waals surface area (Å²) in [6, 6.07) is 21.5. The van der Waals surface area contributed by atoms with Gasteiger partial charge in [-0.15, -0.1) is 0 Å². The maximum absolute atomic E-state index is 13.8. The fourth-order valence-corrected chi connectivity index (χ4v) is 5.62. The summed E-state index contributed by atoms with van der Waals surface area (Å²) in [6.07, 6.45) is 0.803. The number of nitrogens with zero attached hydrogens (tertiary/aromatic N) is 1. The van der Waals surface area contributed by atoms with Crippen LogP contribution >= 0.6 is 11.6 Å². The van der Waals surface area contributed by atoms with Crippen molar-refractivity contribution in [2.75, 3.05) is 11.5 Å². The van der Waals surface area contributed by atoms with Crippen molar-refractivity contribution < 1.29 is 24.2 Å². The molecule has 0 saturated heterocycles. The number of aromatic carboxylic acids is 1. The molecule has 6 nitrogen and oxygen atoms in total. The lowest BCUT2D eigenvalue weighted by Gasteiger charge is -2.41. The molecular formula is C30H26ClNO5. The van der Waals surface area contributed by atoms with E-state index < -0.39 is 11.9 Å². The molecule has 7 heteroatoms. The lowest BCUT2D eigenvalue weighted by Crippen LogP contribution is -2.42. The molecule has 37 heavy (non-hydrogen) atoms. The third-order valence-corrected chi connectivity index (χ3v) is 7.35. The first-order chi connectivity index (χ1) is 17.9. The molecule has 3 aromatic rings. The summed E-state index contributed by atoms with van der Waals surface area (Å²) in [5, 5.41) is 9.82. The summed E-state index contributed by atoms with van der Waals surface area (Å²) in [5.74, 6) is -1.35. The Morgan fingerprint density at radius 2 is 1.73 bits per heavy atom. The third-order valence-electron chi connectivity index (χ3n) is 7.03. The molecule has 0 spiro atoms. The van der Waals surface area contributed by atoms with Crippen LogP contribution in [0.5, 0.6) is 5.75 Å². The van der Waals surface area contributed by atoms with E-state index in [1.165, 1.54) is 23.1 Å². The minimum atomic E-state index is -1.12. The number of hydrogen-bond acceptors (Lipinski definition) is 4. The van der Waals surface area contributed by atoms with Crippen molar-refractivity contribution in [2.24, 2.45) is 0 Å². The van der Waals surface area contributed by atoms with Crippen molar-refractivity contribution >= 4 is 34.9 Å². The van der Waals surface area contributed by atoms with Gasteiger partial charge in [-0.1, -0.05) is 60.1 Å². The van der Waals surface area contributed by atoms with Crippen LogP contribution in [0, 0.1) is 0 Å². The number of carboxylic acid groups (broad SMARTS) is 1. The maximum Gasteiger partial charge on any atom is 0.335 e. The number of para-hydroxylation sites is 1. The van der Waals surface area contributed by atoms with Gasteiger partial charge in [-0.25, -0.2) is 4.79 Å².